The van der Waals surface area contributed by atoms with Gasteiger partial charge in [-0.1, -0.05) is 12.1 Å². The van der Waals surface area contributed by atoms with E-state index in [0.29, 0.717) is 11.8 Å². The number of phenols is 1. The number of aryl methyl sites for hydroxylation is 1. The maximum atomic E-state index is 9.23. The first-order chi connectivity index (χ1) is 9.13. The van der Waals surface area contributed by atoms with Crippen molar-refractivity contribution in [2.24, 2.45) is 0 Å². The van der Waals surface area contributed by atoms with Gasteiger partial charge in [0.2, 0.25) is 0 Å². The molecular weight excluding hydrogens is 322 g/mol. The summed E-state index contributed by atoms with van der Waals surface area (Å²) < 4.78 is 1.16. The highest BCUT2D eigenvalue weighted by Gasteiger charge is 2.04. The number of hydrogen-bond acceptors (Lipinski definition) is 3. The average molecular weight is 340 g/mol. The normalized spacial score (nSPS) is 12.5. The third kappa shape index (κ3) is 4.97. The van der Waals surface area contributed by atoms with Crippen LogP contribution >= 0.6 is 27.3 Å². The van der Waals surface area contributed by atoms with Crippen molar-refractivity contribution in [1.82, 2.24) is 5.32 Å². The lowest BCUT2D eigenvalue weighted by Crippen LogP contribution is -2.25. The van der Waals surface area contributed by atoms with E-state index in [1.54, 1.807) is 23.5 Å². The predicted octanol–water partition coefficient (Wildman–Crippen LogP) is 4.33. The van der Waals surface area contributed by atoms with Gasteiger partial charge < -0.3 is 10.4 Å². The summed E-state index contributed by atoms with van der Waals surface area (Å²) in [5, 5.41) is 14.9. The zero-order valence-corrected chi connectivity index (χ0v) is 13.3. The number of aromatic hydroxyl groups is 1. The molecule has 1 aromatic heterocycles. The molecule has 0 bridgehead atoms. The van der Waals surface area contributed by atoms with E-state index in [1.807, 2.05) is 12.1 Å². The van der Waals surface area contributed by atoms with E-state index in [9.17, 15) is 5.11 Å². The van der Waals surface area contributed by atoms with Crippen LogP contribution in [0.2, 0.25) is 0 Å². The lowest BCUT2D eigenvalue weighted by molar-refractivity contribution is 0.474. The van der Waals surface area contributed by atoms with Gasteiger partial charge in [0, 0.05) is 27.3 Å². The van der Waals surface area contributed by atoms with Crippen LogP contribution in [0.4, 0.5) is 0 Å². The summed E-state index contributed by atoms with van der Waals surface area (Å²) in [5.41, 5.74) is 1.27. The van der Waals surface area contributed by atoms with E-state index in [-0.39, 0.29) is 0 Å². The Kier molecular flexibility index (Phi) is 5.43. The van der Waals surface area contributed by atoms with E-state index in [4.69, 9.17) is 0 Å². The molecule has 1 atom stereocenters. The molecule has 1 aromatic carbocycles. The van der Waals surface area contributed by atoms with Crippen molar-refractivity contribution in [1.29, 1.82) is 0 Å². The Morgan fingerprint density at radius 3 is 2.68 bits per heavy atom. The van der Waals surface area contributed by atoms with Crippen LogP contribution in [0.15, 0.2) is 40.2 Å². The highest BCUT2D eigenvalue weighted by atomic mass is 79.9. The molecule has 0 saturated carbocycles. The molecule has 1 heterocycles. The first-order valence-corrected chi connectivity index (χ1v) is 8.05. The second-order valence-corrected chi connectivity index (χ2v) is 6.63. The molecule has 102 valence electrons. The zero-order valence-electron chi connectivity index (χ0n) is 10.9. The highest BCUT2D eigenvalue weighted by molar-refractivity contribution is 9.10. The summed E-state index contributed by atoms with van der Waals surface area (Å²) in [5.74, 6) is 0.332. The second kappa shape index (κ2) is 7.08. The van der Waals surface area contributed by atoms with Crippen LogP contribution in [0.5, 0.6) is 5.75 Å². The van der Waals surface area contributed by atoms with Crippen molar-refractivity contribution in [3.05, 3.63) is 50.6 Å². The van der Waals surface area contributed by atoms with Crippen LogP contribution in [-0.4, -0.2) is 11.1 Å². The summed E-state index contributed by atoms with van der Waals surface area (Å²) in [6.07, 6.45) is 2.12. The van der Waals surface area contributed by atoms with Crippen LogP contribution in [0, 0.1) is 0 Å². The molecule has 0 aliphatic rings. The summed E-state index contributed by atoms with van der Waals surface area (Å²) in [7, 11) is 0. The van der Waals surface area contributed by atoms with Crippen LogP contribution in [-0.2, 0) is 13.0 Å². The molecule has 19 heavy (non-hydrogen) atoms. The van der Waals surface area contributed by atoms with Gasteiger partial charge in [-0.2, -0.15) is 0 Å². The Balaban J connectivity index is 1.72. The van der Waals surface area contributed by atoms with Crippen LogP contribution in [0.1, 0.15) is 23.8 Å². The van der Waals surface area contributed by atoms with Crippen LogP contribution < -0.4 is 5.32 Å². The van der Waals surface area contributed by atoms with Crippen LogP contribution in [0.25, 0.3) is 0 Å². The van der Waals surface area contributed by atoms with Gasteiger partial charge in [0.05, 0.1) is 0 Å². The topological polar surface area (TPSA) is 32.3 Å². The fourth-order valence-corrected chi connectivity index (χ4v) is 3.27. The minimum Gasteiger partial charge on any atom is -0.508 e. The molecule has 0 aliphatic heterocycles. The molecule has 4 heteroatoms. The summed E-state index contributed by atoms with van der Waals surface area (Å²) in [4.78, 5) is 1.35. The molecule has 2 rings (SSSR count). The van der Waals surface area contributed by atoms with Gasteiger partial charge in [-0.3, -0.25) is 0 Å². The fraction of sp³-hybridized carbons (Fsp3) is 0.333. The number of halogens is 1. The molecule has 0 radical (unpaired) electrons. The Morgan fingerprint density at radius 1 is 1.32 bits per heavy atom. The molecule has 2 aromatic rings. The predicted molar refractivity (Wildman–Crippen MR) is 84.7 cm³/mol. The molecular formula is C15H18BrNOS. The number of nitrogens with one attached hydrogen (secondary N) is 1. The van der Waals surface area contributed by atoms with E-state index in [0.717, 1.165) is 23.9 Å². The standard InChI is InChI=1S/C15H18BrNOS/c1-11(17-9-15-8-13(16)10-19-15)2-3-12-4-6-14(18)7-5-12/h4-8,10-11,17-18H,2-3,9H2,1H3. The first-order valence-electron chi connectivity index (χ1n) is 6.37. The van der Waals surface area contributed by atoms with Gasteiger partial charge in [-0.15, -0.1) is 11.3 Å². The third-order valence-corrected chi connectivity index (χ3v) is 4.75. The Labute approximate surface area is 126 Å². The quantitative estimate of drug-likeness (QED) is 0.820. The molecule has 0 fully saturated rings. The number of thiophene rings is 1. The molecule has 2 N–H and O–H groups in total. The Morgan fingerprint density at radius 2 is 2.05 bits per heavy atom. The monoisotopic (exact) mass is 339 g/mol. The van der Waals surface area contributed by atoms with Crippen molar-refractivity contribution in [2.75, 3.05) is 0 Å². The molecule has 0 aliphatic carbocycles. The molecule has 1 unspecified atom stereocenters. The molecule has 0 spiro atoms. The van der Waals surface area contributed by atoms with Crippen molar-refractivity contribution in [3.63, 3.8) is 0 Å². The number of benzene rings is 1. The van der Waals surface area contributed by atoms with Crippen molar-refractivity contribution in [2.45, 2.75) is 32.4 Å². The SMILES string of the molecule is CC(CCc1ccc(O)cc1)NCc1cc(Br)cs1. The summed E-state index contributed by atoms with van der Waals surface area (Å²) in [6.45, 7) is 3.13. The fourth-order valence-electron chi connectivity index (χ4n) is 1.87. The van der Waals surface area contributed by atoms with E-state index in [1.165, 1.54) is 10.4 Å². The average Bonchev–Trinajstić information content (AvgIpc) is 2.81. The van der Waals surface area contributed by atoms with Gasteiger partial charge in [0.15, 0.2) is 0 Å². The maximum Gasteiger partial charge on any atom is 0.115 e. The van der Waals surface area contributed by atoms with E-state index in [2.05, 4.69) is 39.6 Å². The molecule has 0 amide bonds. The van der Waals surface area contributed by atoms with Crippen molar-refractivity contribution >= 4 is 27.3 Å². The van der Waals surface area contributed by atoms with Crippen molar-refractivity contribution < 1.29 is 5.11 Å². The van der Waals surface area contributed by atoms with Gasteiger partial charge in [0.1, 0.15) is 5.75 Å². The minimum absolute atomic E-state index is 0.332. The number of phenolic OH excluding ortho intramolecular Hbond substituents is 1. The summed E-state index contributed by atoms with van der Waals surface area (Å²) >= 11 is 5.24. The zero-order chi connectivity index (χ0) is 13.7. The smallest absolute Gasteiger partial charge is 0.115 e. The van der Waals surface area contributed by atoms with Crippen molar-refractivity contribution in [3.8, 4) is 5.75 Å². The maximum absolute atomic E-state index is 9.23. The Bertz CT molecular complexity index is 509. The van der Waals surface area contributed by atoms with Gasteiger partial charge in [-0.05, 0) is 59.5 Å². The number of rotatable bonds is 6. The minimum atomic E-state index is 0.332. The first kappa shape index (κ1) is 14.6. The lowest BCUT2D eigenvalue weighted by Gasteiger charge is -2.13. The van der Waals surface area contributed by atoms with E-state index < -0.39 is 0 Å². The van der Waals surface area contributed by atoms with Gasteiger partial charge in [-0.25, -0.2) is 0 Å². The van der Waals surface area contributed by atoms with E-state index >= 15 is 0 Å². The van der Waals surface area contributed by atoms with Crippen LogP contribution in [0.3, 0.4) is 0 Å². The molecule has 2 nitrogen and oxygen atoms in total. The summed E-state index contributed by atoms with van der Waals surface area (Å²) in [6, 6.07) is 10.1. The lowest BCUT2D eigenvalue weighted by atomic mass is 10.1. The third-order valence-electron chi connectivity index (χ3n) is 3.05. The largest absolute Gasteiger partial charge is 0.508 e. The van der Waals surface area contributed by atoms with Gasteiger partial charge in [0.25, 0.3) is 0 Å². The highest BCUT2D eigenvalue weighted by Crippen LogP contribution is 2.19. The Hall–Kier alpha value is -0.840. The second-order valence-electron chi connectivity index (χ2n) is 4.72. The molecule has 0 saturated heterocycles. The van der Waals surface area contributed by atoms with Gasteiger partial charge >= 0.3 is 0 Å². The number of hydrogen-bond donors (Lipinski definition) is 2.